The summed E-state index contributed by atoms with van der Waals surface area (Å²) in [6.45, 7) is 1.33. The highest BCUT2D eigenvalue weighted by Gasteiger charge is 2.66. The zero-order valence-corrected chi connectivity index (χ0v) is 20.8. The van der Waals surface area contributed by atoms with Crippen LogP contribution >= 0.6 is 34.8 Å². The number of halogens is 3. The van der Waals surface area contributed by atoms with Gasteiger partial charge in [-0.25, -0.2) is 4.79 Å². The van der Waals surface area contributed by atoms with Crippen LogP contribution in [0.2, 0.25) is 5.02 Å². The fraction of sp³-hybridized carbons (Fsp3) is 0.360. The van der Waals surface area contributed by atoms with E-state index in [1.165, 1.54) is 29.2 Å². The Morgan fingerprint density at radius 2 is 1.60 bits per heavy atom. The molecule has 2 saturated carbocycles. The number of benzene rings is 2. The quantitative estimate of drug-likeness (QED) is 0.348. The lowest BCUT2D eigenvalue weighted by Gasteiger charge is -2.28. The van der Waals surface area contributed by atoms with E-state index in [-0.39, 0.29) is 40.0 Å². The number of fused-ring (bicyclic) bond motifs is 5. The molecule has 5 rings (SSSR count). The van der Waals surface area contributed by atoms with E-state index in [1.54, 1.807) is 18.2 Å². The molecule has 0 spiro atoms. The third kappa shape index (κ3) is 4.09. The molecule has 7 nitrogen and oxygen atoms in total. The van der Waals surface area contributed by atoms with Crippen LogP contribution in [0.1, 0.15) is 22.3 Å². The molecule has 0 unspecified atom stereocenters. The molecule has 2 aromatic carbocycles. The molecule has 1 N–H and O–H groups in total. The molecule has 10 heteroatoms. The summed E-state index contributed by atoms with van der Waals surface area (Å²) < 4.78 is 5.10. The molecule has 2 bridgehead atoms. The van der Waals surface area contributed by atoms with Gasteiger partial charge in [0.2, 0.25) is 11.8 Å². The van der Waals surface area contributed by atoms with Gasteiger partial charge in [-0.3, -0.25) is 19.3 Å². The molecule has 35 heavy (non-hydrogen) atoms. The number of ether oxygens (including phenoxy) is 1. The molecule has 0 aromatic heterocycles. The van der Waals surface area contributed by atoms with Crippen LogP contribution in [0.5, 0.6) is 0 Å². The summed E-state index contributed by atoms with van der Waals surface area (Å²) in [5, 5.41) is 2.48. The highest BCUT2D eigenvalue weighted by molar-refractivity contribution is 6.32. The molecule has 2 aromatic rings. The second kappa shape index (κ2) is 9.12. The van der Waals surface area contributed by atoms with Gasteiger partial charge in [-0.15, -0.1) is 23.2 Å². The Morgan fingerprint density at radius 3 is 2.20 bits per heavy atom. The lowest BCUT2D eigenvalue weighted by molar-refractivity contribution is -0.123. The summed E-state index contributed by atoms with van der Waals surface area (Å²) >= 11 is 18.7. The maximum Gasteiger partial charge on any atom is 0.338 e. The van der Waals surface area contributed by atoms with E-state index in [2.05, 4.69) is 5.32 Å². The van der Waals surface area contributed by atoms with Crippen LogP contribution in [0, 0.1) is 30.6 Å². The maximum absolute atomic E-state index is 13.1. The molecule has 1 aliphatic heterocycles. The van der Waals surface area contributed by atoms with E-state index in [4.69, 9.17) is 39.5 Å². The summed E-state index contributed by atoms with van der Waals surface area (Å²) in [5.41, 5.74) is 1.90. The lowest BCUT2D eigenvalue weighted by atomic mass is 9.80. The minimum Gasteiger partial charge on any atom is -0.452 e. The third-order valence-corrected chi connectivity index (χ3v) is 8.71. The first-order valence-electron chi connectivity index (χ1n) is 11.2. The van der Waals surface area contributed by atoms with Gasteiger partial charge in [0.1, 0.15) is 0 Å². The lowest BCUT2D eigenvalue weighted by Crippen LogP contribution is -2.37. The van der Waals surface area contributed by atoms with Crippen molar-refractivity contribution in [1.82, 2.24) is 0 Å². The zero-order valence-electron chi connectivity index (χ0n) is 18.5. The van der Waals surface area contributed by atoms with Crippen molar-refractivity contribution in [3.63, 3.8) is 0 Å². The average molecular weight is 536 g/mol. The second-order valence-corrected chi connectivity index (χ2v) is 10.6. The normalized spacial score (nSPS) is 28.9. The van der Waals surface area contributed by atoms with Gasteiger partial charge in [-0.1, -0.05) is 17.7 Å². The molecule has 1 saturated heterocycles. The van der Waals surface area contributed by atoms with Gasteiger partial charge < -0.3 is 10.1 Å². The number of aryl methyl sites for hydroxylation is 1. The van der Waals surface area contributed by atoms with Gasteiger partial charge >= 0.3 is 5.97 Å². The number of imide groups is 1. The van der Waals surface area contributed by atoms with Crippen molar-refractivity contribution < 1.29 is 23.9 Å². The first-order valence-corrected chi connectivity index (χ1v) is 12.4. The van der Waals surface area contributed by atoms with Gasteiger partial charge in [0.15, 0.2) is 6.61 Å². The molecular formula is C25H21Cl3N2O5. The minimum absolute atomic E-state index is 0.105. The summed E-state index contributed by atoms with van der Waals surface area (Å²) in [7, 11) is 0. The third-order valence-electron chi connectivity index (χ3n) is 7.16. The standard InChI is InChI=1S/C25H21Cl3N2O5/c1-11-2-5-13(26)8-17(11)29-18(31)10-35-25(34)12-3-6-14(7-4-12)30-23(32)19-15-9-16(20(19)24(30)33)22(28)21(15)27/h2-8,15-16,19-22H,9-10H2,1H3,(H,29,31)/t15-,16-,19-,20+,21+,22+/m1/s1. The number of nitrogens with zero attached hydrogens (tertiary/aromatic N) is 1. The number of esters is 1. The van der Waals surface area contributed by atoms with Crippen LogP contribution < -0.4 is 10.2 Å². The number of hydrogen-bond donors (Lipinski definition) is 1. The average Bonchev–Trinajstić information content (AvgIpc) is 3.45. The highest BCUT2D eigenvalue weighted by atomic mass is 35.5. The van der Waals surface area contributed by atoms with Crippen LogP contribution in [-0.2, 0) is 19.1 Å². The zero-order chi connectivity index (χ0) is 25.0. The first kappa shape index (κ1) is 24.1. The Bertz CT molecular complexity index is 1200. The molecule has 0 radical (unpaired) electrons. The number of rotatable bonds is 5. The number of carbonyl (C=O) groups is 4. The largest absolute Gasteiger partial charge is 0.452 e. The van der Waals surface area contributed by atoms with Gasteiger partial charge in [-0.05, 0) is 67.1 Å². The van der Waals surface area contributed by atoms with Gasteiger partial charge in [-0.2, -0.15) is 0 Å². The fourth-order valence-corrected chi connectivity index (χ4v) is 6.54. The molecular weight excluding hydrogens is 515 g/mol. The number of amides is 3. The van der Waals surface area contributed by atoms with E-state index < -0.39 is 30.3 Å². The van der Waals surface area contributed by atoms with Crippen molar-refractivity contribution in [2.75, 3.05) is 16.8 Å². The van der Waals surface area contributed by atoms with Crippen LogP contribution in [0.4, 0.5) is 11.4 Å². The van der Waals surface area contributed by atoms with E-state index in [9.17, 15) is 19.2 Å². The van der Waals surface area contributed by atoms with Gasteiger partial charge in [0.25, 0.3) is 5.91 Å². The maximum atomic E-state index is 13.1. The van der Waals surface area contributed by atoms with Crippen molar-refractivity contribution in [3.8, 4) is 0 Å². The number of alkyl halides is 2. The number of hydrogen-bond acceptors (Lipinski definition) is 5. The van der Waals surface area contributed by atoms with E-state index in [0.717, 1.165) is 5.56 Å². The molecule has 6 atom stereocenters. The van der Waals surface area contributed by atoms with E-state index in [1.807, 2.05) is 6.92 Å². The fourth-order valence-electron chi connectivity index (χ4n) is 5.48. The highest BCUT2D eigenvalue weighted by Crippen LogP contribution is 2.59. The van der Waals surface area contributed by atoms with Crippen LogP contribution in [-0.4, -0.2) is 41.1 Å². The van der Waals surface area contributed by atoms with Crippen LogP contribution in [0.3, 0.4) is 0 Å². The Balaban J connectivity index is 1.22. The number of carbonyl (C=O) groups excluding carboxylic acids is 4. The van der Waals surface area contributed by atoms with Crippen molar-refractivity contribution in [2.45, 2.75) is 24.1 Å². The second-order valence-electron chi connectivity index (χ2n) is 9.15. The molecule has 3 aliphatic rings. The van der Waals surface area contributed by atoms with Gasteiger partial charge in [0.05, 0.1) is 33.8 Å². The topological polar surface area (TPSA) is 92.8 Å². The van der Waals surface area contributed by atoms with Crippen molar-refractivity contribution in [3.05, 3.63) is 58.6 Å². The number of nitrogens with one attached hydrogen (secondary N) is 1. The van der Waals surface area contributed by atoms with Crippen LogP contribution in [0.15, 0.2) is 42.5 Å². The van der Waals surface area contributed by atoms with E-state index in [0.29, 0.717) is 22.8 Å². The minimum atomic E-state index is -0.710. The van der Waals surface area contributed by atoms with Crippen molar-refractivity contribution in [1.29, 1.82) is 0 Å². The summed E-state index contributed by atoms with van der Waals surface area (Å²) in [5.74, 6) is -2.87. The Morgan fingerprint density at radius 1 is 1.00 bits per heavy atom. The predicted molar refractivity (Wildman–Crippen MR) is 132 cm³/mol. The number of anilines is 2. The van der Waals surface area contributed by atoms with Crippen molar-refractivity contribution in [2.24, 2.45) is 23.7 Å². The molecule has 3 fully saturated rings. The van der Waals surface area contributed by atoms with E-state index >= 15 is 0 Å². The SMILES string of the molecule is Cc1ccc(Cl)cc1NC(=O)COC(=O)c1ccc(N2C(=O)[C@@H]3[C@H]4C[C@@H]([C@H](Cl)[C@H]4Cl)[C@@H]3C2=O)cc1. The summed E-state index contributed by atoms with van der Waals surface area (Å²) in [6, 6.07) is 11.0. The molecule has 182 valence electrons. The Kier molecular flexibility index (Phi) is 6.28. The summed E-state index contributed by atoms with van der Waals surface area (Å²) in [4.78, 5) is 51.9. The van der Waals surface area contributed by atoms with Gasteiger partial charge in [0, 0.05) is 10.7 Å². The van der Waals surface area contributed by atoms with Crippen molar-refractivity contribution >= 4 is 69.9 Å². The molecule has 2 aliphatic carbocycles. The monoisotopic (exact) mass is 534 g/mol. The predicted octanol–water partition coefficient (Wildman–Crippen LogP) is 4.41. The molecule has 3 amide bonds. The smallest absolute Gasteiger partial charge is 0.338 e. The Hall–Kier alpha value is -2.61. The first-order chi connectivity index (χ1) is 16.7. The summed E-state index contributed by atoms with van der Waals surface area (Å²) in [6.07, 6.45) is 0.693. The molecule has 1 heterocycles. The Labute approximate surface area is 216 Å². The van der Waals surface area contributed by atoms with Crippen LogP contribution in [0.25, 0.3) is 0 Å².